The normalized spacial score (nSPS) is 10.5. The molecule has 2 aromatic carbocycles. The van der Waals surface area contributed by atoms with Crippen LogP contribution in [-0.4, -0.2) is 25.0 Å². The van der Waals surface area contributed by atoms with E-state index >= 15 is 0 Å². The van der Waals surface area contributed by atoms with Gasteiger partial charge in [0.1, 0.15) is 11.3 Å². The van der Waals surface area contributed by atoms with Crippen molar-refractivity contribution in [1.29, 1.82) is 0 Å². The molecule has 0 saturated carbocycles. The molecule has 3 aromatic rings. The third kappa shape index (κ3) is 3.94. The van der Waals surface area contributed by atoms with Gasteiger partial charge in [-0.2, -0.15) is 0 Å². The summed E-state index contributed by atoms with van der Waals surface area (Å²) in [7, 11) is 0. The molecule has 0 fully saturated rings. The summed E-state index contributed by atoms with van der Waals surface area (Å²) in [5, 5.41) is 1.39. The van der Waals surface area contributed by atoms with Crippen molar-refractivity contribution >= 4 is 34.3 Å². The van der Waals surface area contributed by atoms with Gasteiger partial charge in [0.2, 0.25) is 5.78 Å². The fourth-order valence-electron chi connectivity index (χ4n) is 2.05. The smallest absolute Gasteiger partial charge is 0.344 e. The molecule has 0 saturated heterocycles. The van der Waals surface area contributed by atoms with E-state index in [1.54, 1.807) is 36.4 Å². The number of fused-ring (bicyclic) bond motifs is 1. The Labute approximate surface area is 142 Å². The average Bonchev–Trinajstić information content (AvgIpc) is 3.03. The van der Waals surface area contributed by atoms with E-state index in [1.165, 1.54) is 0 Å². The van der Waals surface area contributed by atoms with E-state index in [2.05, 4.69) is 0 Å². The number of hydrogen-bond donors (Lipinski definition) is 0. The fraction of sp³-hybridized carbons (Fsp3) is 0.111. The summed E-state index contributed by atoms with van der Waals surface area (Å²) in [6.07, 6.45) is 0. The van der Waals surface area contributed by atoms with Gasteiger partial charge in [-0.25, -0.2) is 4.79 Å². The third-order valence-electron chi connectivity index (χ3n) is 3.23. The first-order valence-electron chi connectivity index (χ1n) is 7.17. The van der Waals surface area contributed by atoms with E-state index in [4.69, 9.17) is 25.5 Å². The summed E-state index contributed by atoms with van der Waals surface area (Å²) >= 11 is 5.75. The number of hydrogen-bond acceptors (Lipinski definition) is 5. The lowest BCUT2D eigenvalue weighted by molar-refractivity contribution is -0.144. The van der Waals surface area contributed by atoms with Crippen molar-refractivity contribution in [2.24, 2.45) is 0 Å². The number of ether oxygens (including phenoxy) is 2. The number of Topliss-reactive ketones (excluding diaryl/α,β-unsaturated/α-hetero) is 1. The Bertz CT molecular complexity index is 834. The molecule has 0 bridgehead atoms. The summed E-state index contributed by atoms with van der Waals surface area (Å²) in [5.74, 6) is -0.414. The van der Waals surface area contributed by atoms with Crippen LogP contribution in [0.2, 0.25) is 5.02 Å². The van der Waals surface area contributed by atoms with E-state index in [9.17, 15) is 9.59 Å². The monoisotopic (exact) mass is 344 g/mol. The second-order valence-electron chi connectivity index (χ2n) is 4.97. The van der Waals surface area contributed by atoms with Gasteiger partial charge in [0.25, 0.3) is 0 Å². The minimum absolute atomic E-state index is 0.155. The van der Waals surface area contributed by atoms with E-state index in [0.29, 0.717) is 16.4 Å². The molecular formula is C18H13ClO5. The van der Waals surface area contributed by atoms with E-state index < -0.39 is 18.4 Å². The highest BCUT2D eigenvalue weighted by molar-refractivity contribution is 6.30. The molecule has 0 unspecified atom stereocenters. The maximum Gasteiger partial charge on any atom is 0.344 e. The van der Waals surface area contributed by atoms with Crippen LogP contribution in [0.1, 0.15) is 10.6 Å². The number of esters is 1. The minimum Gasteiger partial charge on any atom is -0.482 e. The molecule has 5 nitrogen and oxygen atoms in total. The summed E-state index contributed by atoms with van der Waals surface area (Å²) in [5.41, 5.74) is 0.609. The number of halogens is 1. The molecule has 0 spiro atoms. The van der Waals surface area contributed by atoms with Gasteiger partial charge in [-0.3, -0.25) is 4.79 Å². The summed E-state index contributed by atoms with van der Waals surface area (Å²) in [6, 6.07) is 15.4. The average molecular weight is 345 g/mol. The zero-order valence-corrected chi connectivity index (χ0v) is 13.3. The van der Waals surface area contributed by atoms with E-state index in [1.807, 2.05) is 18.2 Å². The molecule has 0 aliphatic heterocycles. The minimum atomic E-state index is -0.644. The largest absolute Gasteiger partial charge is 0.482 e. The van der Waals surface area contributed by atoms with Gasteiger partial charge < -0.3 is 13.9 Å². The van der Waals surface area contributed by atoms with Crippen molar-refractivity contribution in [3.8, 4) is 5.75 Å². The predicted octanol–water partition coefficient (Wildman–Crippen LogP) is 3.89. The van der Waals surface area contributed by atoms with Gasteiger partial charge in [0, 0.05) is 10.4 Å². The van der Waals surface area contributed by atoms with Crippen LogP contribution in [-0.2, 0) is 9.53 Å². The topological polar surface area (TPSA) is 65.7 Å². The van der Waals surface area contributed by atoms with Crippen molar-refractivity contribution in [2.45, 2.75) is 0 Å². The molecule has 6 heteroatoms. The Balaban J connectivity index is 1.50. The first-order valence-corrected chi connectivity index (χ1v) is 7.55. The zero-order chi connectivity index (χ0) is 16.9. The Hall–Kier alpha value is -2.79. The lowest BCUT2D eigenvalue weighted by atomic mass is 10.2. The summed E-state index contributed by atoms with van der Waals surface area (Å²) in [4.78, 5) is 23.6. The summed E-state index contributed by atoms with van der Waals surface area (Å²) < 4.78 is 15.6. The molecule has 24 heavy (non-hydrogen) atoms. The zero-order valence-electron chi connectivity index (χ0n) is 12.5. The molecule has 0 radical (unpaired) electrons. The molecule has 1 aromatic heterocycles. The molecule has 0 N–H and O–H groups in total. The maximum absolute atomic E-state index is 12.0. The highest BCUT2D eigenvalue weighted by Crippen LogP contribution is 2.19. The molecule has 1 heterocycles. The Kier molecular flexibility index (Phi) is 4.82. The van der Waals surface area contributed by atoms with Crippen LogP contribution >= 0.6 is 11.6 Å². The number of carbonyl (C=O) groups is 2. The number of para-hydroxylation sites is 1. The van der Waals surface area contributed by atoms with Crippen LogP contribution in [0.25, 0.3) is 11.0 Å². The van der Waals surface area contributed by atoms with Crippen LogP contribution in [0, 0.1) is 0 Å². The Morgan fingerprint density at radius 1 is 1.00 bits per heavy atom. The first-order chi connectivity index (χ1) is 11.6. The van der Waals surface area contributed by atoms with Crippen LogP contribution < -0.4 is 4.74 Å². The predicted molar refractivity (Wildman–Crippen MR) is 88.5 cm³/mol. The van der Waals surface area contributed by atoms with Gasteiger partial charge in [-0.15, -0.1) is 0 Å². The number of carbonyl (C=O) groups excluding carboxylic acids is 2. The second-order valence-corrected chi connectivity index (χ2v) is 5.41. The van der Waals surface area contributed by atoms with Crippen LogP contribution in [0.5, 0.6) is 5.75 Å². The maximum atomic E-state index is 12.0. The Morgan fingerprint density at radius 3 is 2.50 bits per heavy atom. The number of ketones is 1. The Morgan fingerprint density at radius 2 is 1.75 bits per heavy atom. The molecule has 3 rings (SSSR count). The van der Waals surface area contributed by atoms with Crippen LogP contribution in [0.3, 0.4) is 0 Å². The number of furan rings is 1. The van der Waals surface area contributed by atoms with Crippen molar-refractivity contribution in [3.63, 3.8) is 0 Å². The standard InChI is InChI=1S/C18H13ClO5/c19-13-5-7-14(8-6-13)22-11-18(21)23-10-15(20)17-9-12-3-1-2-4-16(12)24-17/h1-9H,10-11H2. The highest BCUT2D eigenvalue weighted by Gasteiger charge is 2.15. The molecule has 0 aliphatic rings. The van der Waals surface area contributed by atoms with Crippen molar-refractivity contribution < 1.29 is 23.5 Å². The van der Waals surface area contributed by atoms with Crippen molar-refractivity contribution in [1.82, 2.24) is 0 Å². The quantitative estimate of drug-likeness (QED) is 0.501. The van der Waals surface area contributed by atoms with Crippen LogP contribution in [0.4, 0.5) is 0 Å². The van der Waals surface area contributed by atoms with Gasteiger partial charge in [0.05, 0.1) is 0 Å². The van der Waals surface area contributed by atoms with E-state index in [0.717, 1.165) is 5.39 Å². The molecule has 0 amide bonds. The van der Waals surface area contributed by atoms with Crippen LogP contribution in [0.15, 0.2) is 59.0 Å². The van der Waals surface area contributed by atoms with Crippen molar-refractivity contribution in [3.05, 3.63) is 65.4 Å². The molecule has 0 atom stereocenters. The third-order valence-corrected chi connectivity index (χ3v) is 3.49. The molecule has 122 valence electrons. The fourth-order valence-corrected chi connectivity index (χ4v) is 2.18. The van der Waals surface area contributed by atoms with Gasteiger partial charge in [-0.1, -0.05) is 29.8 Å². The number of rotatable bonds is 6. The van der Waals surface area contributed by atoms with Gasteiger partial charge >= 0.3 is 5.97 Å². The SMILES string of the molecule is O=C(COc1ccc(Cl)cc1)OCC(=O)c1cc2ccccc2o1. The second kappa shape index (κ2) is 7.19. The summed E-state index contributed by atoms with van der Waals surface area (Å²) in [6.45, 7) is -0.697. The number of benzene rings is 2. The van der Waals surface area contributed by atoms with Crippen molar-refractivity contribution in [2.75, 3.05) is 13.2 Å². The lowest BCUT2D eigenvalue weighted by Gasteiger charge is -2.06. The molecular weight excluding hydrogens is 332 g/mol. The highest BCUT2D eigenvalue weighted by atomic mass is 35.5. The molecule has 0 aliphatic carbocycles. The van der Waals surface area contributed by atoms with E-state index in [-0.39, 0.29) is 12.4 Å². The van der Waals surface area contributed by atoms with Gasteiger partial charge in [-0.05, 0) is 36.4 Å². The van der Waals surface area contributed by atoms with Gasteiger partial charge in [0.15, 0.2) is 19.0 Å². The lowest BCUT2D eigenvalue weighted by Crippen LogP contribution is -2.19. The first kappa shape index (κ1) is 16.1.